The van der Waals surface area contributed by atoms with Gasteiger partial charge in [0.25, 0.3) is 0 Å². The Balaban J connectivity index is 1.80. The van der Waals surface area contributed by atoms with E-state index in [1.165, 1.54) is 10.8 Å². The van der Waals surface area contributed by atoms with Crippen molar-refractivity contribution in [2.45, 2.75) is 11.7 Å². The number of hydrogen-bond donors (Lipinski definition) is 1. The lowest BCUT2D eigenvalue weighted by atomic mass is 10.00. The first-order valence-corrected chi connectivity index (χ1v) is 7.51. The van der Waals surface area contributed by atoms with Crippen molar-refractivity contribution in [1.82, 2.24) is 0 Å². The van der Waals surface area contributed by atoms with Crippen molar-refractivity contribution in [3.05, 3.63) is 83.9 Å². The molecule has 0 aliphatic heterocycles. The predicted octanol–water partition coefficient (Wildman–Crippen LogP) is 4.56. The molecule has 1 atom stereocenters. The first kappa shape index (κ1) is 13.9. The zero-order valence-electron chi connectivity index (χ0n) is 11.6. The van der Waals surface area contributed by atoms with Crippen LogP contribution in [0.3, 0.4) is 0 Å². The van der Waals surface area contributed by atoms with E-state index in [0.717, 1.165) is 11.1 Å². The van der Waals surface area contributed by atoms with E-state index in [9.17, 15) is 4.79 Å². The first-order chi connectivity index (χ1) is 10.2. The molecule has 0 heterocycles. The van der Waals surface area contributed by atoms with Gasteiger partial charge in [-0.25, -0.2) is 0 Å². The molecule has 0 aliphatic carbocycles. The summed E-state index contributed by atoms with van der Waals surface area (Å²) in [7, 11) is 0. The smallest absolute Gasteiger partial charge is 0.175 e. The summed E-state index contributed by atoms with van der Waals surface area (Å²) in [4.78, 5) is 12.3. The minimum absolute atomic E-state index is 0.0760. The molecule has 0 N–H and O–H groups in total. The number of carbonyl (C=O) groups is 1. The molecule has 104 valence electrons. The van der Waals surface area contributed by atoms with Gasteiger partial charge in [0.2, 0.25) is 0 Å². The number of carbonyl (C=O) groups excluding carboxylic acids is 1. The summed E-state index contributed by atoms with van der Waals surface area (Å²) in [5.74, 6) is 0.0760. The molecule has 0 bridgehead atoms. The van der Waals surface area contributed by atoms with Crippen molar-refractivity contribution in [3.63, 3.8) is 0 Å². The third kappa shape index (κ3) is 3.17. The highest BCUT2D eigenvalue weighted by atomic mass is 32.1. The zero-order chi connectivity index (χ0) is 14.7. The molecule has 0 saturated carbocycles. The van der Waals surface area contributed by atoms with E-state index in [1.807, 2.05) is 42.5 Å². The summed E-state index contributed by atoms with van der Waals surface area (Å²) in [6.07, 6.45) is 0.641. The summed E-state index contributed by atoms with van der Waals surface area (Å²) in [6.45, 7) is 0. The molecule has 3 aromatic carbocycles. The number of thiol groups is 1. The van der Waals surface area contributed by atoms with Gasteiger partial charge in [-0.3, -0.25) is 4.79 Å². The number of hydrogen-bond acceptors (Lipinski definition) is 2. The van der Waals surface area contributed by atoms with Gasteiger partial charge < -0.3 is 0 Å². The lowest BCUT2D eigenvalue weighted by molar-refractivity contribution is 0.0989. The average molecular weight is 292 g/mol. The maximum absolute atomic E-state index is 12.3. The van der Waals surface area contributed by atoms with Crippen LogP contribution < -0.4 is 0 Å². The van der Waals surface area contributed by atoms with Gasteiger partial charge in [0.05, 0.1) is 5.25 Å². The third-order valence-electron chi connectivity index (χ3n) is 3.60. The van der Waals surface area contributed by atoms with Crippen LogP contribution in [0.4, 0.5) is 0 Å². The van der Waals surface area contributed by atoms with E-state index in [0.29, 0.717) is 6.42 Å². The summed E-state index contributed by atoms with van der Waals surface area (Å²) in [6, 6.07) is 23.9. The van der Waals surface area contributed by atoms with Crippen molar-refractivity contribution < 1.29 is 4.79 Å². The molecule has 1 nitrogen and oxygen atoms in total. The Morgan fingerprint density at radius 1 is 0.857 bits per heavy atom. The fourth-order valence-corrected chi connectivity index (χ4v) is 2.84. The van der Waals surface area contributed by atoms with E-state index in [1.54, 1.807) is 0 Å². The van der Waals surface area contributed by atoms with E-state index in [-0.39, 0.29) is 11.0 Å². The maximum atomic E-state index is 12.3. The standard InChI is InChI=1S/C19H16OS/c20-19(16-7-2-1-3-8-16)18(21)13-14-10-11-15-6-4-5-9-17(15)12-14/h1-12,18,21H,13H2. The van der Waals surface area contributed by atoms with Crippen molar-refractivity contribution >= 4 is 29.2 Å². The molecule has 1 unspecified atom stereocenters. The zero-order valence-corrected chi connectivity index (χ0v) is 12.5. The van der Waals surface area contributed by atoms with Crippen LogP contribution in [0.25, 0.3) is 10.8 Å². The fraction of sp³-hybridized carbons (Fsp3) is 0.105. The molecule has 0 radical (unpaired) electrons. The monoisotopic (exact) mass is 292 g/mol. The molecule has 3 aromatic rings. The third-order valence-corrected chi connectivity index (χ3v) is 4.02. The second-order valence-electron chi connectivity index (χ2n) is 5.13. The summed E-state index contributed by atoms with van der Waals surface area (Å²) < 4.78 is 0. The minimum Gasteiger partial charge on any atom is -0.293 e. The van der Waals surface area contributed by atoms with Gasteiger partial charge in [0.1, 0.15) is 0 Å². The first-order valence-electron chi connectivity index (χ1n) is 6.99. The molecule has 3 rings (SSSR count). The Morgan fingerprint density at radius 3 is 2.29 bits per heavy atom. The Bertz CT molecular complexity index is 765. The van der Waals surface area contributed by atoms with E-state index in [4.69, 9.17) is 0 Å². The number of fused-ring (bicyclic) bond motifs is 1. The number of ketones is 1. The summed E-state index contributed by atoms with van der Waals surface area (Å²) in [5, 5.41) is 2.10. The van der Waals surface area contributed by atoms with Gasteiger partial charge in [-0.2, -0.15) is 12.6 Å². The molecular formula is C19H16OS. The van der Waals surface area contributed by atoms with Gasteiger partial charge in [0.15, 0.2) is 5.78 Å². The maximum Gasteiger partial charge on any atom is 0.175 e. The SMILES string of the molecule is O=C(c1ccccc1)C(S)Cc1ccc2ccccc2c1. The van der Waals surface area contributed by atoms with Crippen LogP contribution in [0, 0.1) is 0 Å². The van der Waals surface area contributed by atoms with E-state index >= 15 is 0 Å². The van der Waals surface area contributed by atoms with Gasteiger partial charge in [0, 0.05) is 5.56 Å². The Labute approximate surface area is 130 Å². The van der Waals surface area contributed by atoms with E-state index in [2.05, 4.69) is 43.0 Å². The molecule has 0 fully saturated rings. The highest BCUT2D eigenvalue weighted by Crippen LogP contribution is 2.19. The van der Waals surface area contributed by atoms with Gasteiger partial charge in [-0.15, -0.1) is 0 Å². The quantitative estimate of drug-likeness (QED) is 0.551. The molecule has 0 spiro atoms. The fourth-order valence-electron chi connectivity index (χ4n) is 2.48. The number of benzene rings is 3. The lowest BCUT2D eigenvalue weighted by Gasteiger charge is -2.10. The molecule has 0 aliphatic rings. The van der Waals surface area contributed by atoms with Crippen molar-refractivity contribution in [1.29, 1.82) is 0 Å². The Hall–Kier alpha value is -2.06. The average Bonchev–Trinajstić information content (AvgIpc) is 2.55. The van der Waals surface area contributed by atoms with Crippen LogP contribution in [-0.2, 0) is 6.42 Å². The predicted molar refractivity (Wildman–Crippen MR) is 91.2 cm³/mol. The van der Waals surface area contributed by atoms with Gasteiger partial charge in [-0.1, -0.05) is 72.8 Å². The molecule has 0 aromatic heterocycles. The largest absolute Gasteiger partial charge is 0.293 e. The number of Topliss-reactive ketones (excluding diaryl/α,β-unsaturated/α-hetero) is 1. The Morgan fingerprint density at radius 2 is 1.52 bits per heavy atom. The second-order valence-corrected chi connectivity index (χ2v) is 5.76. The molecular weight excluding hydrogens is 276 g/mol. The van der Waals surface area contributed by atoms with E-state index < -0.39 is 0 Å². The second kappa shape index (κ2) is 6.15. The number of rotatable bonds is 4. The van der Waals surface area contributed by atoms with Gasteiger partial charge in [-0.05, 0) is 22.8 Å². The molecule has 0 amide bonds. The van der Waals surface area contributed by atoms with Crippen molar-refractivity contribution in [3.8, 4) is 0 Å². The highest BCUT2D eigenvalue weighted by molar-refractivity contribution is 7.81. The lowest BCUT2D eigenvalue weighted by Crippen LogP contribution is -2.17. The van der Waals surface area contributed by atoms with Gasteiger partial charge >= 0.3 is 0 Å². The summed E-state index contributed by atoms with van der Waals surface area (Å²) >= 11 is 4.49. The Kier molecular flexibility index (Phi) is 4.07. The van der Waals surface area contributed by atoms with Crippen molar-refractivity contribution in [2.75, 3.05) is 0 Å². The van der Waals surface area contributed by atoms with Crippen LogP contribution >= 0.6 is 12.6 Å². The van der Waals surface area contributed by atoms with Crippen LogP contribution in [0.2, 0.25) is 0 Å². The topological polar surface area (TPSA) is 17.1 Å². The van der Waals surface area contributed by atoms with Crippen molar-refractivity contribution in [2.24, 2.45) is 0 Å². The minimum atomic E-state index is -0.312. The highest BCUT2D eigenvalue weighted by Gasteiger charge is 2.16. The van der Waals surface area contributed by atoms with Crippen LogP contribution in [0.5, 0.6) is 0 Å². The molecule has 0 saturated heterocycles. The van der Waals surface area contributed by atoms with Crippen LogP contribution in [-0.4, -0.2) is 11.0 Å². The van der Waals surface area contributed by atoms with Crippen LogP contribution in [0.15, 0.2) is 72.8 Å². The van der Waals surface area contributed by atoms with Crippen LogP contribution in [0.1, 0.15) is 15.9 Å². The normalized spacial score (nSPS) is 12.2. The molecule has 21 heavy (non-hydrogen) atoms. The molecule has 2 heteroatoms. The summed E-state index contributed by atoms with van der Waals surface area (Å²) in [5.41, 5.74) is 1.86.